The first kappa shape index (κ1) is 12.9. The Balaban J connectivity index is 1.89. The second-order valence-electron chi connectivity index (χ2n) is 5.85. The van der Waals surface area contributed by atoms with Crippen LogP contribution < -0.4 is 10.5 Å². The van der Waals surface area contributed by atoms with Crippen LogP contribution in [0.15, 0.2) is 24.3 Å². The largest absolute Gasteiger partial charge is 0.493 e. The molecule has 3 rings (SSSR count). The van der Waals surface area contributed by atoms with Crippen LogP contribution in [0, 0.1) is 5.92 Å². The van der Waals surface area contributed by atoms with Gasteiger partial charge in [-0.1, -0.05) is 25.1 Å². The molecule has 2 N–H and O–H groups in total. The Hall–Kier alpha value is -1.06. The lowest BCUT2D eigenvalue weighted by atomic mass is 9.87. The average molecular weight is 260 g/mol. The highest BCUT2D eigenvalue weighted by Gasteiger charge is 2.35. The second kappa shape index (κ2) is 5.51. The summed E-state index contributed by atoms with van der Waals surface area (Å²) in [7, 11) is 0. The fourth-order valence-electron chi connectivity index (χ4n) is 3.70. The Morgan fingerprint density at radius 3 is 3.00 bits per heavy atom. The van der Waals surface area contributed by atoms with Gasteiger partial charge >= 0.3 is 0 Å². The molecule has 3 atom stereocenters. The molecule has 3 heteroatoms. The minimum atomic E-state index is 0.487. The number of likely N-dealkylation sites (tertiary alicyclic amines) is 1. The molecule has 2 heterocycles. The Bertz CT molecular complexity index is 435. The number of rotatable bonds is 2. The van der Waals surface area contributed by atoms with Gasteiger partial charge in [0.1, 0.15) is 5.75 Å². The van der Waals surface area contributed by atoms with E-state index in [1.165, 1.54) is 24.9 Å². The second-order valence-corrected chi connectivity index (χ2v) is 5.85. The van der Waals surface area contributed by atoms with Gasteiger partial charge in [0.25, 0.3) is 0 Å². The molecule has 0 amide bonds. The van der Waals surface area contributed by atoms with Gasteiger partial charge in [-0.2, -0.15) is 0 Å². The van der Waals surface area contributed by atoms with Crippen LogP contribution in [0.25, 0.3) is 0 Å². The summed E-state index contributed by atoms with van der Waals surface area (Å²) < 4.78 is 5.78. The van der Waals surface area contributed by atoms with Crippen LogP contribution >= 0.6 is 0 Å². The first-order valence-electron chi connectivity index (χ1n) is 7.49. The van der Waals surface area contributed by atoms with E-state index in [9.17, 15) is 0 Å². The van der Waals surface area contributed by atoms with Gasteiger partial charge in [-0.3, -0.25) is 4.90 Å². The molecule has 0 bridgehead atoms. The van der Waals surface area contributed by atoms with Crippen molar-refractivity contribution in [3.8, 4) is 5.75 Å². The number of para-hydroxylation sites is 1. The van der Waals surface area contributed by atoms with E-state index in [-0.39, 0.29) is 0 Å². The van der Waals surface area contributed by atoms with Crippen molar-refractivity contribution >= 4 is 0 Å². The number of piperidine rings is 1. The Labute approximate surface area is 115 Å². The predicted octanol–water partition coefficient (Wildman–Crippen LogP) is 2.57. The van der Waals surface area contributed by atoms with Crippen molar-refractivity contribution in [2.24, 2.45) is 11.7 Å². The van der Waals surface area contributed by atoms with E-state index in [1.807, 2.05) is 0 Å². The maximum absolute atomic E-state index is 6.04. The Morgan fingerprint density at radius 1 is 1.32 bits per heavy atom. The summed E-state index contributed by atoms with van der Waals surface area (Å²) in [6, 6.07) is 9.48. The highest BCUT2D eigenvalue weighted by atomic mass is 16.5. The molecule has 104 valence electrons. The standard InChI is InChI=1S/C16H24N2O/c1-12-5-4-9-18(15(12)11-17)14-8-10-19-16-7-3-2-6-13(14)16/h2-3,6-7,12,14-15H,4-5,8-11,17H2,1H3. The first-order chi connectivity index (χ1) is 9.31. The van der Waals surface area contributed by atoms with Crippen LogP contribution in [0.1, 0.15) is 37.8 Å². The molecule has 3 nitrogen and oxygen atoms in total. The SMILES string of the molecule is CC1CCCN(C2CCOc3ccccc32)C1CN. The summed E-state index contributed by atoms with van der Waals surface area (Å²) >= 11 is 0. The molecular formula is C16H24N2O. The van der Waals surface area contributed by atoms with Gasteiger partial charge in [0.2, 0.25) is 0 Å². The quantitative estimate of drug-likeness (QED) is 0.888. The number of hydrogen-bond donors (Lipinski definition) is 1. The highest BCUT2D eigenvalue weighted by Crippen LogP contribution is 2.39. The van der Waals surface area contributed by atoms with E-state index in [1.54, 1.807) is 0 Å². The van der Waals surface area contributed by atoms with Crippen molar-refractivity contribution in [3.63, 3.8) is 0 Å². The summed E-state index contributed by atoms with van der Waals surface area (Å²) in [5, 5.41) is 0. The minimum Gasteiger partial charge on any atom is -0.493 e. The van der Waals surface area contributed by atoms with Crippen LogP contribution in [0.2, 0.25) is 0 Å². The lowest BCUT2D eigenvalue weighted by Crippen LogP contribution is -2.50. The maximum atomic E-state index is 6.04. The molecule has 0 aliphatic carbocycles. The fraction of sp³-hybridized carbons (Fsp3) is 0.625. The van der Waals surface area contributed by atoms with Crippen LogP contribution in [0.3, 0.4) is 0 Å². The molecule has 3 unspecified atom stereocenters. The van der Waals surface area contributed by atoms with Gasteiger partial charge in [-0.15, -0.1) is 0 Å². The van der Waals surface area contributed by atoms with Gasteiger partial charge in [0.15, 0.2) is 0 Å². The summed E-state index contributed by atoms with van der Waals surface area (Å²) in [4.78, 5) is 2.63. The molecule has 0 aromatic heterocycles. The number of benzene rings is 1. The fourth-order valence-corrected chi connectivity index (χ4v) is 3.70. The minimum absolute atomic E-state index is 0.487. The number of hydrogen-bond acceptors (Lipinski definition) is 3. The van der Waals surface area contributed by atoms with Crippen LogP contribution in [0.5, 0.6) is 5.75 Å². The Kier molecular flexibility index (Phi) is 3.76. The number of nitrogens with zero attached hydrogens (tertiary/aromatic N) is 1. The monoisotopic (exact) mass is 260 g/mol. The lowest BCUT2D eigenvalue weighted by Gasteiger charge is -2.45. The van der Waals surface area contributed by atoms with Gasteiger partial charge in [0.05, 0.1) is 6.61 Å². The normalized spacial score (nSPS) is 31.6. The van der Waals surface area contributed by atoms with Crippen molar-refractivity contribution in [2.75, 3.05) is 19.7 Å². The summed E-state index contributed by atoms with van der Waals surface area (Å²) in [6.45, 7) is 5.10. The van der Waals surface area contributed by atoms with Crippen molar-refractivity contribution in [2.45, 2.75) is 38.3 Å². The molecule has 2 aliphatic heterocycles. The molecule has 0 spiro atoms. The van der Waals surface area contributed by atoms with E-state index in [0.717, 1.165) is 25.3 Å². The molecule has 1 saturated heterocycles. The predicted molar refractivity (Wildman–Crippen MR) is 77.2 cm³/mol. The average Bonchev–Trinajstić information content (AvgIpc) is 2.46. The topological polar surface area (TPSA) is 38.5 Å². The molecule has 1 aromatic carbocycles. The van der Waals surface area contributed by atoms with E-state index in [0.29, 0.717) is 18.0 Å². The third-order valence-corrected chi connectivity index (χ3v) is 4.73. The van der Waals surface area contributed by atoms with Gasteiger partial charge < -0.3 is 10.5 Å². The zero-order valence-corrected chi connectivity index (χ0v) is 11.7. The molecule has 2 aliphatic rings. The lowest BCUT2D eigenvalue weighted by molar-refractivity contribution is 0.0418. The molecular weight excluding hydrogens is 236 g/mol. The molecule has 0 radical (unpaired) electrons. The molecule has 1 fully saturated rings. The molecule has 0 saturated carbocycles. The third-order valence-electron chi connectivity index (χ3n) is 4.73. The van der Waals surface area contributed by atoms with Gasteiger partial charge in [0, 0.05) is 30.6 Å². The van der Waals surface area contributed by atoms with Crippen molar-refractivity contribution in [1.29, 1.82) is 0 Å². The van der Waals surface area contributed by atoms with Gasteiger partial charge in [-0.05, 0) is 31.4 Å². The van der Waals surface area contributed by atoms with Crippen molar-refractivity contribution in [3.05, 3.63) is 29.8 Å². The highest BCUT2D eigenvalue weighted by molar-refractivity contribution is 5.37. The van der Waals surface area contributed by atoms with E-state index < -0.39 is 0 Å². The zero-order valence-electron chi connectivity index (χ0n) is 11.7. The van der Waals surface area contributed by atoms with E-state index in [4.69, 9.17) is 10.5 Å². The number of fused-ring (bicyclic) bond motifs is 1. The number of ether oxygens (including phenoxy) is 1. The summed E-state index contributed by atoms with van der Waals surface area (Å²) in [5.74, 6) is 1.77. The Morgan fingerprint density at radius 2 is 2.16 bits per heavy atom. The smallest absolute Gasteiger partial charge is 0.124 e. The number of nitrogens with two attached hydrogens (primary N) is 1. The van der Waals surface area contributed by atoms with Gasteiger partial charge in [-0.25, -0.2) is 0 Å². The van der Waals surface area contributed by atoms with Crippen LogP contribution in [0.4, 0.5) is 0 Å². The van der Waals surface area contributed by atoms with E-state index >= 15 is 0 Å². The van der Waals surface area contributed by atoms with Crippen LogP contribution in [-0.2, 0) is 0 Å². The summed E-state index contributed by atoms with van der Waals surface area (Å²) in [5.41, 5.74) is 7.39. The third kappa shape index (κ3) is 2.37. The maximum Gasteiger partial charge on any atom is 0.124 e. The summed E-state index contributed by atoms with van der Waals surface area (Å²) in [6.07, 6.45) is 3.68. The van der Waals surface area contributed by atoms with Crippen LogP contribution in [-0.4, -0.2) is 30.6 Å². The molecule has 1 aromatic rings. The first-order valence-corrected chi connectivity index (χ1v) is 7.49. The molecule has 19 heavy (non-hydrogen) atoms. The van der Waals surface area contributed by atoms with Crippen molar-refractivity contribution < 1.29 is 4.74 Å². The van der Waals surface area contributed by atoms with Crippen molar-refractivity contribution in [1.82, 2.24) is 4.90 Å². The zero-order chi connectivity index (χ0) is 13.2. The van der Waals surface area contributed by atoms with E-state index in [2.05, 4.69) is 36.1 Å².